The zero-order chi connectivity index (χ0) is 20.5. The highest BCUT2D eigenvalue weighted by molar-refractivity contribution is 6.31. The Hall–Kier alpha value is -2.20. The lowest BCUT2D eigenvalue weighted by Gasteiger charge is -2.16. The van der Waals surface area contributed by atoms with E-state index in [0.29, 0.717) is 23.4 Å². The molecule has 3 rings (SSSR count). The molecule has 30 heavy (non-hydrogen) atoms. The van der Waals surface area contributed by atoms with E-state index in [-0.39, 0.29) is 12.4 Å². The summed E-state index contributed by atoms with van der Waals surface area (Å²) in [5.41, 5.74) is 3.50. The minimum Gasteiger partial charge on any atom is -0.493 e. The van der Waals surface area contributed by atoms with Crippen LogP contribution in [0, 0.1) is 0 Å². The second-order valence-corrected chi connectivity index (χ2v) is 7.58. The Labute approximate surface area is 190 Å². The van der Waals surface area contributed by atoms with E-state index in [4.69, 9.17) is 21.1 Å². The van der Waals surface area contributed by atoms with Gasteiger partial charge in [-0.05, 0) is 49.1 Å². The average Bonchev–Trinajstić information content (AvgIpc) is 2.76. The van der Waals surface area contributed by atoms with Gasteiger partial charge in [-0.25, -0.2) is 0 Å². The quantitative estimate of drug-likeness (QED) is 0.388. The van der Waals surface area contributed by atoms with E-state index in [1.165, 1.54) is 11.1 Å². The molecule has 1 N–H and O–H groups in total. The molecule has 0 saturated heterocycles. The van der Waals surface area contributed by atoms with Gasteiger partial charge in [-0.3, -0.25) is 0 Å². The number of hydrogen-bond donors (Lipinski definition) is 1. The van der Waals surface area contributed by atoms with Gasteiger partial charge in [0.2, 0.25) is 0 Å². The van der Waals surface area contributed by atoms with Crippen molar-refractivity contribution in [3.63, 3.8) is 0 Å². The highest BCUT2D eigenvalue weighted by atomic mass is 35.5. The van der Waals surface area contributed by atoms with E-state index in [9.17, 15) is 0 Å². The number of methoxy groups -OCH3 is 1. The second-order valence-electron chi connectivity index (χ2n) is 7.17. The molecule has 1 atom stereocenters. The summed E-state index contributed by atoms with van der Waals surface area (Å²) in [6.07, 6.45) is 2.17. The fourth-order valence-corrected chi connectivity index (χ4v) is 3.32. The first kappa shape index (κ1) is 24.1. The van der Waals surface area contributed by atoms with Crippen LogP contribution in [-0.4, -0.2) is 13.2 Å². The lowest BCUT2D eigenvalue weighted by Crippen LogP contribution is -2.26. The highest BCUT2D eigenvalue weighted by Crippen LogP contribution is 2.29. The molecule has 1 unspecified atom stereocenters. The summed E-state index contributed by atoms with van der Waals surface area (Å²) < 4.78 is 11.5. The topological polar surface area (TPSA) is 30.5 Å². The molecule has 0 bridgehead atoms. The monoisotopic (exact) mass is 445 g/mol. The molecule has 0 heterocycles. The van der Waals surface area contributed by atoms with Crippen LogP contribution in [-0.2, 0) is 19.6 Å². The van der Waals surface area contributed by atoms with Crippen molar-refractivity contribution < 1.29 is 9.47 Å². The van der Waals surface area contributed by atoms with Crippen molar-refractivity contribution in [2.24, 2.45) is 0 Å². The van der Waals surface area contributed by atoms with Crippen LogP contribution >= 0.6 is 24.0 Å². The maximum absolute atomic E-state index is 6.21. The number of aryl methyl sites for hydroxylation is 1. The Morgan fingerprint density at radius 1 is 0.900 bits per heavy atom. The number of benzene rings is 3. The van der Waals surface area contributed by atoms with E-state index in [1.54, 1.807) is 7.11 Å². The van der Waals surface area contributed by atoms with Crippen molar-refractivity contribution >= 4 is 24.0 Å². The lowest BCUT2D eigenvalue weighted by molar-refractivity contribution is 0.284. The van der Waals surface area contributed by atoms with Crippen LogP contribution in [0.3, 0.4) is 0 Å². The molecule has 3 nitrogen and oxygen atoms in total. The highest BCUT2D eigenvalue weighted by Gasteiger charge is 2.09. The van der Waals surface area contributed by atoms with Gasteiger partial charge < -0.3 is 14.8 Å². The summed E-state index contributed by atoms with van der Waals surface area (Å²) in [6, 6.07) is 24.8. The molecule has 0 aliphatic rings. The number of ether oxygens (including phenoxy) is 2. The molecule has 0 amide bonds. The molecule has 5 heteroatoms. The van der Waals surface area contributed by atoms with Gasteiger partial charge in [0.15, 0.2) is 11.5 Å². The summed E-state index contributed by atoms with van der Waals surface area (Å²) in [7, 11) is 1.66. The van der Waals surface area contributed by atoms with Crippen LogP contribution in [0.1, 0.15) is 30.0 Å². The third kappa shape index (κ3) is 7.24. The first-order chi connectivity index (χ1) is 14.2. The summed E-state index contributed by atoms with van der Waals surface area (Å²) in [5, 5.41) is 4.30. The second kappa shape index (κ2) is 12.5. The Morgan fingerprint density at radius 3 is 2.37 bits per heavy atom. The number of rotatable bonds is 10. The molecule has 0 aliphatic heterocycles. The number of halogens is 2. The van der Waals surface area contributed by atoms with Crippen molar-refractivity contribution in [3.05, 3.63) is 94.5 Å². The molecule has 3 aromatic carbocycles. The molecular weight excluding hydrogens is 417 g/mol. The van der Waals surface area contributed by atoms with Crippen molar-refractivity contribution in [2.75, 3.05) is 7.11 Å². The van der Waals surface area contributed by atoms with Gasteiger partial charge in [0.25, 0.3) is 0 Å². The van der Waals surface area contributed by atoms with Crippen LogP contribution in [0.25, 0.3) is 0 Å². The summed E-state index contributed by atoms with van der Waals surface area (Å²) in [4.78, 5) is 0. The van der Waals surface area contributed by atoms with Crippen LogP contribution in [0.4, 0.5) is 0 Å². The number of hydrogen-bond acceptors (Lipinski definition) is 3. The van der Waals surface area contributed by atoms with Crippen molar-refractivity contribution in [2.45, 2.75) is 39.0 Å². The van der Waals surface area contributed by atoms with Crippen LogP contribution in [0.5, 0.6) is 11.5 Å². The number of nitrogens with one attached hydrogen (secondary N) is 1. The van der Waals surface area contributed by atoms with Gasteiger partial charge in [-0.2, -0.15) is 0 Å². The molecule has 0 aromatic heterocycles. The molecule has 0 radical (unpaired) electrons. The van der Waals surface area contributed by atoms with Crippen LogP contribution < -0.4 is 14.8 Å². The van der Waals surface area contributed by atoms with Crippen molar-refractivity contribution in [1.29, 1.82) is 0 Å². The van der Waals surface area contributed by atoms with E-state index in [2.05, 4.69) is 48.6 Å². The maximum atomic E-state index is 6.21. The van der Waals surface area contributed by atoms with Gasteiger partial charge in [-0.15, -0.1) is 12.4 Å². The molecule has 0 aliphatic carbocycles. The standard InChI is InChI=1S/C25H28ClNO2.ClH/c1-19(12-13-20-8-4-3-5-9-20)27-17-21-14-15-24(25(16-21)28-2)29-18-22-10-6-7-11-23(22)26;/h3-11,14-16,19,27H,12-13,17-18H2,1-2H3;1H. The largest absolute Gasteiger partial charge is 0.493 e. The maximum Gasteiger partial charge on any atom is 0.161 e. The molecule has 160 valence electrons. The van der Waals surface area contributed by atoms with E-state index in [1.807, 2.05) is 36.4 Å². The molecule has 0 fully saturated rings. The Balaban J connectivity index is 0.00000320. The van der Waals surface area contributed by atoms with Gasteiger partial charge in [-0.1, -0.05) is 66.2 Å². The predicted octanol–water partition coefficient (Wildman–Crippen LogP) is 6.46. The van der Waals surface area contributed by atoms with Gasteiger partial charge in [0.1, 0.15) is 6.61 Å². The minimum absolute atomic E-state index is 0. The molecule has 3 aromatic rings. The Bertz CT molecular complexity index is 903. The van der Waals surface area contributed by atoms with Crippen molar-refractivity contribution in [3.8, 4) is 11.5 Å². The zero-order valence-electron chi connectivity index (χ0n) is 17.4. The third-order valence-corrected chi connectivity index (χ3v) is 5.30. The lowest BCUT2D eigenvalue weighted by atomic mass is 10.1. The van der Waals surface area contributed by atoms with Gasteiger partial charge >= 0.3 is 0 Å². The Kier molecular flexibility index (Phi) is 10.0. The first-order valence-corrected chi connectivity index (χ1v) is 10.3. The van der Waals surface area contributed by atoms with Crippen molar-refractivity contribution in [1.82, 2.24) is 5.32 Å². The Morgan fingerprint density at radius 2 is 1.63 bits per heavy atom. The smallest absolute Gasteiger partial charge is 0.161 e. The van der Waals surface area contributed by atoms with E-state index >= 15 is 0 Å². The summed E-state index contributed by atoms with van der Waals surface area (Å²) >= 11 is 6.21. The van der Waals surface area contributed by atoms with E-state index < -0.39 is 0 Å². The normalized spacial score (nSPS) is 11.4. The fraction of sp³-hybridized carbons (Fsp3) is 0.280. The summed E-state index contributed by atoms with van der Waals surface area (Å²) in [5.74, 6) is 1.45. The van der Waals surface area contributed by atoms with Crippen LogP contribution in [0.2, 0.25) is 5.02 Å². The SMILES string of the molecule is COc1cc(CNC(C)CCc2ccccc2)ccc1OCc1ccccc1Cl.Cl. The third-order valence-electron chi connectivity index (χ3n) is 4.93. The summed E-state index contributed by atoms with van der Waals surface area (Å²) in [6.45, 7) is 3.42. The fourth-order valence-electron chi connectivity index (χ4n) is 3.13. The van der Waals surface area contributed by atoms with Crippen LogP contribution in [0.15, 0.2) is 72.8 Å². The predicted molar refractivity (Wildman–Crippen MR) is 127 cm³/mol. The van der Waals surface area contributed by atoms with E-state index in [0.717, 1.165) is 30.7 Å². The first-order valence-electron chi connectivity index (χ1n) is 9.96. The average molecular weight is 446 g/mol. The molecular formula is C25H29Cl2NO2. The molecule has 0 spiro atoms. The minimum atomic E-state index is 0. The van der Waals surface area contributed by atoms with Gasteiger partial charge in [0, 0.05) is 23.2 Å². The van der Waals surface area contributed by atoms with Gasteiger partial charge in [0.05, 0.1) is 7.11 Å². The molecule has 0 saturated carbocycles. The zero-order valence-corrected chi connectivity index (χ0v) is 19.0.